The van der Waals surface area contributed by atoms with Gasteiger partial charge in [-0.3, -0.25) is 0 Å². The van der Waals surface area contributed by atoms with Crippen molar-refractivity contribution in [2.45, 2.75) is 19.4 Å². The first-order valence-corrected chi connectivity index (χ1v) is 7.57. The van der Waals surface area contributed by atoms with Crippen LogP contribution in [0.3, 0.4) is 0 Å². The third kappa shape index (κ3) is 3.52. The highest BCUT2D eigenvalue weighted by atomic mass is 32.2. The third-order valence-electron chi connectivity index (χ3n) is 2.82. The zero-order chi connectivity index (χ0) is 14.6. The van der Waals surface area contributed by atoms with Crippen molar-refractivity contribution in [1.82, 2.24) is 24.0 Å². The Hall–Kier alpha value is -1.52. The number of ether oxygens (including phenoxy) is 2. The standard InChI is InChI=1S/C10H17N5O4S/c1-18-9-12-8(13-10(14-9)19-2)7-11-20(16,17)15-5-3-4-6-15/h11H,3-7H2,1-2H3. The van der Waals surface area contributed by atoms with Crippen molar-refractivity contribution >= 4 is 10.2 Å². The fourth-order valence-corrected chi connectivity index (χ4v) is 3.05. The zero-order valence-corrected chi connectivity index (χ0v) is 12.2. The van der Waals surface area contributed by atoms with Crippen LogP contribution in [0.1, 0.15) is 18.7 Å². The molecule has 1 saturated heterocycles. The van der Waals surface area contributed by atoms with E-state index < -0.39 is 10.2 Å². The molecule has 9 nitrogen and oxygen atoms in total. The lowest BCUT2D eigenvalue weighted by Gasteiger charge is -2.15. The van der Waals surface area contributed by atoms with Crippen molar-refractivity contribution in [2.75, 3.05) is 27.3 Å². The highest BCUT2D eigenvalue weighted by molar-refractivity contribution is 7.87. The van der Waals surface area contributed by atoms with Crippen molar-refractivity contribution in [3.63, 3.8) is 0 Å². The Kier molecular flexibility index (Phi) is 4.68. The Labute approximate surface area is 117 Å². The SMILES string of the molecule is COc1nc(CNS(=O)(=O)N2CCCC2)nc(OC)n1. The predicted molar refractivity (Wildman–Crippen MR) is 69.5 cm³/mol. The number of hydrogen-bond acceptors (Lipinski definition) is 7. The second kappa shape index (κ2) is 6.29. The predicted octanol–water partition coefficient (Wildman–Crippen LogP) is -0.681. The summed E-state index contributed by atoms with van der Waals surface area (Å²) in [6.07, 6.45) is 1.77. The van der Waals surface area contributed by atoms with Gasteiger partial charge in [-0.2, -0.15) is 27.4 Å². The van der Waals surface area contributed by atoms with E-state index >= 15 is 0 Å². The number of nitrogens with one attached hydrogen (secondary N) is 1. The smallest absolute Gasteiger partial charge is 0.322 e. The number of hydrogen-bond donors (Lipinski definition) is 1. The summed E-state index contributed by atoms with van der Waals surface area (Å²) >= 11 is 0. The fraction of sp³-hybridized carbons (Fsp3) is 0.700. The molecule has 1 aliphatic heterocycles. The highest BCUT2D eigenvalue weighted by Gasteiger charge is 2.25. The van der Waals surface area contributed by atoms with Crippen molar-refractivity contribution in [3.8, 4) is 12.0 Å². The van der Waals surface area contributed by atoms with E-state index in [9.17, 15) is 8.42 Å². The molecule has 112 valence electrons. The van der Waals surface area contributed by atoms with Crippen LogP contribution in [0.15, 0.2) is 0 Å². The van der Waals surface area contributed by atoms with Crippen LogP contribution in [-0.4, -0.2) is 55.0 Å². The number of nitrogens with zero attached hydrogens (tertiary/aromatic N) is 4. The van der Waals surface area contributed by atoms with Gasteiger partial charge in [-0.1, -0.05) is 0 Å². The van der Waals surface area contributed by atoms with Crippen LogP contribution in [-0.2, 0) is 16.8 Å². The maximum atomic E-state index is 12.0. The number of rotatable bonds is 6. The molecule has 0 unspecified atom stereocenters. The van der Waals surface area contributed by atoms with E-state index in [0.29, 0.717) is 13.1 Å². The minimum Gasteiger partial charge on any atom is -0.467 e. The topological polar surface area (TPSA) is 107 Å². The van der Waals surface area contributed by atoms with Gasteiger partial charge in [0.2, 0.25) is 0 Å². The van der Waals surface area contributed by atoms with Crippen LogP contribution in [0.25, 0.3) is 0 Å². The lowest BCUT2D eigenvalue weighted by atomic mass is 10.4. The maximum Gasteiger partial charge on any atom is 0.322 e. The molecule has 20 heavy (non-hydrogen) atoms. The maximum absolute atomic E-state index is 12.0. The number of methoxy groups -OCH3 is 2. The Bertz CT molecular complexity index is 537. The molecule has 0 amide bonds. The molecule has 1 aromatic heterocycles. The van der Waals surface area contributed by atoms with Gasteiger partial charge in [-0.15, -0.1) is 4.98 Å². The highest BCUT2D eigenvalue weighted by Crippen LogP contribution is 2.12. The Morgan fingerprint density at radius 2 is 1.65 bits per heavy atom. The van der Waals surface area contributed by atoms with Crippen LogP contribution in [0.2, 0.25) is 0 Å². The molecule has 0 spiro atoms. The molecule has 1 aliphatic rings. The van der Waals surface area contributed by atoms with E-state index in [1.165, 1.54) is 18.5 Å². The van der Waals surface area contributed by atoms with Crippen molar-refractivity contribution in [3.05, 3.63) is 5.82 Å². The molecule has 1 aromatic rings. The second-order valence-electron chi connectivity index (χ2n) is 4.16. The van der Waals surface area contributed by atoms with Gasteiger partial charge in [0.15, 0.2) is 5.82 Å². The van der Waals surface area contributed by atoms with E-state index in [4.69, 9.17) is 9.47 Å². The molecule has 0 saturated carbocycles. The second-order valence-corrected chi connectivity index (χ2v) is 5.91. The minimum absolute atomic E-state index is 0.0475. The van der Waals surface area contributed by atoms with E-state index in [1.807, 2.05) is 0 Å². The summed E-state index contributed by atoms with van der Waals surface area (Å²) in [5, 5.41) is 0. The molecule has 10 heteroatoms. The van der Waals surface area contributed by atoms with Gasteiger partial charge in [0.05, 0.1) is 20.8 Å². The van der Waals surface area contributed by atoms with E-state index in [-0.39, 0.29) is 24.4 Å². The Morgan fingerprint density at radius 1 is 1.10 bits per heavy atom. The van der Waals surface area contributed by atoms with E-state index in [0.717, 1.165) is 12.8 Å². The monoisotopic (exact) mass is 303 g/mol. The van der Waals surface area contributed by atoms with Gasteiger partial charge in [-0.05, 0) is 12.8 Å². The van der Waals surface area contributed by atoms with Crippen molar-refractivity contribution in [2.24, 2.45) is 0 Å². The molecule has 0 aliphatic carbocycles. The van der Waals surface area contributed by atoms with Crippen molar-refractivity contribution < 1.29 is 17.9 Å². The van der Waals surface area contributed by atoms with E-state index in [1.54, 1.807) is 0 Å². The molecule has 2 heterocycles. The first-order valence-electron chi connectivity index (χ1n) is 6.13. The van der Waals surface area contributed by atoms with Gasteiger partial charge in [-0.25, -0.2) is 0 Å². The molecule has 0 atom stereocenters. The molecule has 1 fully saturated rings. The molecular formula is C10H17N5O4S. The fourth-order valence-electron chi connectivity index (χ4n) is 1.81. The van der Waals surface area contributed by atoms with Gasteiger partial charge >= 0.3 is 12.0 Å². The molecular weight excluding hydrogens is 286 g/mol. The summed E-state index contributed by atoms with van der Waals surface area (Å²) < 4.78 is 37.7. The summed E-state index contributed by atoms with van der Waals surface area (Å²) in [6.45, 7) is 1.03. The van der Waals surface area contributed by atoms with Gasteiger partial charge in [0.25, 0.3) is 10.2 Å². The van der Waals surface area contributed by atoms with Crippen LogP contribution in [0, 0.1) is 0 Å². The molecule has 0 bridgehead atoms. The van der Waals surface area contributed by atoms with Gasteiger partial charge in [0, 0.05) is 13.1 Å². The van der Waals surface area contributed by atoms with Crippen molar-refractivity contribution in [1.29, 1.82) is 0 Å². The normalized spacial score (nSPS) is 16.3. The van der Waals surface area contributed by atoms with Gasteiger partial charge in [0.1, 0.15) is 0 Å². The quantitative estimate of drug-likeness (QED) is 0.742. The summed E-state index contributed by atoms with van der Waals surface area (Å²) in [7, 11) is -0.677. The van der Waals surface area contributed by atoms with Crippen LogP contribution in [0.4, 0.5) is 0 Å². The third-order valence-corrected chi connectivity index (χ3v) is 4.38. The molecule has 1 N–H and O–H groups in total. The van der Waals surface area contributed by atoms with Gasteiger partial charge < -0.3 is 9.47 Å². The summed E-state index contributed by atoms with van der Waals surface area (Å²) in [6, 6.07) is 0.152. The molecule has 0 aromatic carbocycles. The number of aromatic nitrogens is 3. The van der Waals surface area contributed by atoms with E-state index in [2.05, 4.69) is 19.7 Å². The van der Waals surface area contributed by atoms with Crippen LogP contribution in [0.5, 0.6) is 12.0 Å². The summed E-state index contributed by atoms with van der Waals surface area (Å²) in [4.78, 5) is 11.8. The minimum atomic E-state index is -3.50. The first kappa shape index (κ1) is 14.9. The lowest BCUT2D eigenvalue weighted by Crippen LogP contribution is -2.38. The lowest BCUT2D eigenvalue weighted by molar-refractivity contribution is 0.336. The average molecular weight is 303 g/mol. The molecule has 2 rings (SSSR count). The van der Waals surface area contributed by atoms with Crippen LogP contribution >= 0.6 is 0 Å². The Balaban J connectivity index is 2.06. The zero-order valence-electron chi connectivity index (χ0n) is 11.4. The van der Waals surface area contributed by atoms with Crippen LogP contribution < -0.4 is 14.2 Å². The summed E-state index contributed by atoms with van der Waals surface area (Å²) in [5.41, 5.74) is 0. The average Bonchev–Trinajstić information content (AvgIpc) is 3.00. The Morgan fingerprint density at radius 3 is 2.15 bits per heavy atom. The summed E-state index contributed by atoms with van der Waals surface area (Å²) in [5.74, 6) is 0.233. The first-order chi connectivity index (χ1) is 9.55. The molecule has 0 radical (unpaired) electrons. The largest absolute Gasteiger partial charge is 0.467 e.